The van der Waals surface area contributed by atoms with Crippen molar-refractivity contribution >= 4 is 11.9 Å². The number of piperidine rings is 1. The minimum atomic E-state index is -1.02. The Labute approximate surface area is 109 Å². The molecule has 3 unspecified atom stereocenters. The van der Waals surface area contributed by atoms with Crippen LogP contribution in [0.3, 0.4) is 0 Å². The maximum Gasteiger partial charge on any atom is 0.316 e. The van der Waals surface area contributed by atoms with Gasteiger partial charge >= 0.3 is 5.97 Å². The lowest BCUT2D eigenvalue weighted by atomic mass is 9.79. The van der Waals surface area contributed by atoms with E-state index < -0.39 is 17.3 Å². The minimum Gasteiger partial charge on any atom is -0.481 e. The third-order valence-electron chi connectivity index (χ3n) is 3.78. The van der Waals surface area contributed by atoms with Crippen molar-refractivity contribution in [2.24, 2.45) is 17.3 Å². The van der Waals surface area contributed by atoms with Crippen molar-refractivity contribution in [2.45, 2.75) is 53.5 Å². The summed E-state index contributed by atoms with van der Waals surface area (Å²) in [5, 5.41) is 9.30. The molecule has 0 bridgehead atoms. The second-order valence-electron chi connectivity index (χ2n) is 6.65. The van der Waals surface area contributed by atoms with Gasteiger partial charge in [0.25, 0.3) is 0 Å². The lowest BCUT2D eigenvalue weighted by molar-refractivity contribution is -0.158. The predicted molar refractivity (Wildman–Crippen MR) is 70.2 cm³/mol. The Morgan fingerprint density at radius 1 is 1.28 bits per heavy atom. The van der Waals surface area contributed by atoms with Gasteiger partial charge in [0.1, 0.15) is 5.92 Å². The van der Waals surface area contributed by atoms with Crippen molar-refractivity contribution in [1.29, 1.82) is 0 Å². The molecule has 4 heteroatoms. The molecular weight excluding hydrogens is 230 g/mol. The van der Waals surface area contributed by atoms with E-state index in [0.29, 0.717) is 12.5 Å². The van der Waals surface area contributed by atoms with Crippen molar-refractivity contribution in [3.8, 4) is 0 Å². The van der Waals surface area contributed by atoms with Crippen molar-refractivity contribution in [2.75, 3.05) is 6.54 Å². The molecule has 0 spiro atoms. The SMILES string of the molecule is CC1CCN(C(=O)C(C(=O)O)C(C)(C)C)C(C)C1. The highest BCUT2D eigenvalue weighted by Gasteiger charge is 2.42. The summed E-state index contributed by atoms with van der Waals surface area (Å²) in [5.41, 5.74) is -0.550. The molecular formula is C14H25NO3. The lowest BCUT2D eigenvalue weighted by Crippen LogP contribution is -2.51. The van der Waals surface area contributed by atoms with Crippen molar-refractivity contribution in [3.63, 3.8) is 0 Å². The first kappa shape index (κ1) is 15.0. The molecule has 1 saturated heterocycles. The summed E-state index contributed by atoms with van der Waals surface area (Å²) in [7, 11) is 0. The highest BCUT2D eigenvalue weighted by Crippen LogP contribution is 2.31. The molecule has 18 heavy (non-hydrogen) atoms. The van der Waals surface area contributed by atoms with E-state index in [1.54, 1.807) is 25.7 Å². The number of carbonyl (C=O) groups excluding carboxylic acids is 1. The van der Waals surface area contributed by atoms with Gasteiger partial charge in [-0.2, -0.15) is 0 Å². The summed E-state index contributed by atoms with van der Waals surface area (Å²) in [6.07, 6.45) is 1.93. The fourth-order valence-corrected chi connectivity index (χ4v) is 2.75. The summed E-state index contributed by atoms with van der Waals surface area (Å²) >= 11 is 0. The number of carbonyl (C=O) groups is 2. The van der Waals surface area contributed by atoms with Crippen LogP contribution in [0.4, 0.5) is 0 Å². The smallest absolute Gasteiger partial charge is 0.316 e. The Balaban J connectivity index is 2.87. The van der Waals surface area contributed by atoms with Gasteiger partial charge in [-0.25, -0.2) is 0 Å². The van der Waals surface area contributed by atoms with E-state index in [4.69, 9.17) is 0 Å². The number of amides is 1. The zero-order valence-corrected chi connectivity index (χ0v) is 12.1. The molecule has 1 aliphatic rings. The molecule has 1 amide bonds. The van der Waals surface area contributed by atoms with E-state index >= 15 is 0 Å². The number of carboxylic acids is 1. The minimum absolute atomic E-state index is 0.144. The van der Waals surface area contributed by atoms with Crippen LogP contribution in [0.1, 0.15) is 47.5 Å². The molecule has 0 saturated carbocycles. The third-order valence-corrected chi connectivity index (χ3v) is 3.78. The molecule has 0 aromatic carbocycles. The van der Waals surface area contributed by atoms with E-state index in [9.17, 15) is 14.7 Å². The van der Waals surface area contributed by atoms with Gasteiger partial charge in [0.2, 0.25) is 5.91 Å². The molecule has 4 nitrogen and oxygen atoms in total. The third kappa shape index (κ3) is 3.24. The van der Waals surface area contributed by atoms with Gasteiger partial charge < -0.3 is 10.0 Å². The first-order valence-corrected chi connectivity index (χ1v) is 6.68. The second-order valence-corrected chi connectivity index (χ2v) is 6.65. The number of likely N-dealkylation sites (tertiary alicyclic amines) is 1. The number of hydrogen-bond acceptors (Lipinski definition) is 2. The molecule has 1 aliphatic heterocycles. The standard InChI is InChI=1S/C14H25NO3/c1-9-6-7-15(10(2)8-9)12(16)11(13(17)18)14(3,4)5/h9-11H,6-8H2,1-5H3,(H,17,18). The quantitative estimate of drug-likeness (QED) is 0.771. The van der Waals surface area contributed by atoms with E-state index in [-0.39, 0.29) is 11.9 Å². The van der Waals surface area contributed by atoms with Gasteiger partial charge in [-0.1, -0.05) is 27.7 Å². The van der Waals surface area contributed by atoms with Crippen LogP contribution in [0, 0.1) is 17.3 Å². The van der Waals surface area contributed by atoms with Gasteiger partial charge in [-0.3, -0.25) is 9.59 Å². The average molecular weight is 255 g/mol. The van der Waals surface area contributed by atoms with Gasteiger partial charge in [-0.05, 0) is 31.1 Å². The van der Waals surface area contributed by atoms with Crippen molar-refractivity contribution < 1.29 is 14.7 Å². The van der Waals surface area contributed by atoms with Crippen LogP contribution < -0.4 is 0 Å². The second kappa shape index (κ2) is 5.29. The molecule has 1 rings (SSSR count). The molecule has 0 aliphatic carbocycles. The summed E-state index contributed by atoms with van der Waals surface area (Å²) in [6, 6.07) is 0.144. The largest absolute Gasteiger partial charge is 0.481 e. The first-order chi connectivity index (χ1) is 8.14. The highest BCUT2D eigenvalue weighted by molar-refractivity contribution is 5.97. The molecule has 0 radical (unpaired) electrons. The summed E-state index contributed by atoms with van der Waals surface area (Å²) in [6.45, 7) is 10.3. The molecule has 0 aromatic heterocycles. The Morgan fingerprint density at radius 2 is 1.83 bits per heavy atom. The fraction of sp³-hybridized carbons (Fsp3) is 0.857. The van der Waals surface area contributed by atoms with Gasteiger partial charge in [0.15, 0.2) is 0 Å². The van der Waals surface area contributed by atoms with Crippen LogP contribution in [0.2, 0.25) is 0 Å². The van der Waals surface area contributed by atoms with Crippen LogP contribution in [0.25, 0.3) is 0 Å². The molecule has 1 fully saturated rings. The van der Waals surface area contributed by atoms with Crippen LogP contribution >= 0.6 is 0 Å². The number of hydrogen-bond donors (Lipinski definition) is 1. The van der Waals surface area contributed by atoms with E-state index in [2.05, 4.69) is 6.92 Å². The van der Waals surface area contributed by atoms with Gasteiger partial charge in [-0.15, -0.1) is 0 Å². The Hall–Kier alpha value is -1.06. The summed E-state index contributed by atoms with van der Waals surface area (Å²) in [4.78, 5) is 25.6. The maximum absolute atomic E-state index is 12.4. The predicted octanol–water partition coefficient (Wildman–Crippen LogP) is 2.38. The molecule has 1 N–H and O–H groups in total. The number of aliphatic carboxylic acids is 1. The number of nitrogens with zero attached hydrogens (tertiary/aromatic N) is 1. The monoisotopic (exact) mass is 255 g/mol. The lowest BCUT2D eigenvalue weighted by Gasteiger charge is -2.40. The summed E-state index contributed by atoms with van der Waals surface area (Å²) < 4.78 is 0. The fourth-order valence-electron chi connectivity index (χ4n) is 2.75. The normalized spacial score (nSPS) is 26.8. The van der Waals surface area contributed by atoms with E-state index in [0.717, 1.165) is 12.8 Å². The number of rotatable bonds is 2. The highest BCUT2D eigenvalue weighted by atomic mass is 16.4. The number of carboxylic acid groups (broad SMARTS) is 1. The topological polar surface area (TPSA) is 57.6 Å². The zero-order chi connectivity index (χ0) is 14.1. The van der Waals surface area contributed by atoms with Crippen LogP contribution in [0.5, 0.6) is 0 Å². The van der Waals surface area contributed by atoms with Gasteiger partial charge in [0.05, 0.1) is 0 Å². The Bertz CT molecular complexity index is 332. The van der Waals surface area contributed by atoms with E-state index in [1.165, 1.54) is 0 Å². The Kier molecular flexibility index (Phi) is 4.41. The van der Waals surface area contributed by atoms with Crippen molar-refractivity contribution in [1.82, 2.24) is 4.90 Å². The molecule has 104 valence electrons. The van der Waals surface area contributed by atoms with E-state index in [1.807, 2.05) is 6.92 Å². The molecule has 3 atom stereocenters. The van der Waals surface area contributed by atoms with Crippen molar-refractivity contribution in [3.05, 3.63) is 0 Å². The molecule has 1 heterocycles. The maximum atomic E-state index is 12.4. The summed E-state index contributed by atoms with van der Waals surface area (Å²) in [5.74, 6) is -1.58. The Morgan fingerprint density at radius 3 is 2.22 bits per heavy atom. The first-order valence-electron chi connectivity index (χ1n) is 6.68. The van der Waals surface area contributed by atoms with Crippen LogP contribution in [0.15, 0.2) is 0 Å². The zero-order valence-electron chi connectivity index (χ0n) is 12.1. The average Bonchev–Trinajstić information content (AvgIpc) is 2.13. The van der Waals surface area contributed by atoms with Crippen LogP contribution in [-0.2, 0) is 9.59 Å². The van der Waals surface area contributed by atoms with Crippen LogP contribution in [-0.4, -0.2) is 34.5 Å². The van der Waals surface area contributed by atoms with Gasteiger partial charge in [0, 0.05) is 12.6 Å². The molecule has 0 aromatic rings.